The molecule has 2 rings (SSSR count). The molecule has 0 bridgehead atoms. The first-order valence-corrected chi connectivity index (χ1v) is 6.84. The highest BCUT2D eigenvalue weighted by molar-refractivity contribution is 14.1. The van der Waals surface area contributed by atoms with Crippen LogP contribution in [0.5, 0.6) is 0 Å². The van der Waals surface area contributed by atoms with Gasteiger partial charge in [-0.1, -0.05) is 6.92 Å². The molecule has 0 aromatic carbocycles. The van der Waals surface area contributed by atoms with E-state index in [0.717, 1.165) is 5.41 Å². The predicted molar refractivity (Wildman–Crippen MR) is 68.6 cm³/mol. The summed E-state index contributed by atoms with van der Waals surface area (Å²) in [7, 11) is 0. The summed E-state index contributed by atoms with van der Waals surface area (Å²) < 4.78 is 2.45. The molecule has 82 valence electrons. The van der Waals surface area contributed by atoms with E-state index in [2.05, 4.69) is 37.8 Å². The molecule has 0 aliphatic carbocycles. The monoisotopic (exact) mass is 308 g/mol. The van der Waals surface area contributed by atoms with Crippen LogP contribution in [0.25, 0.3) is 0 Å². The van der Waals surface area contributed by atoms with Crippen molar-refractivity contribution >= 4 is 22.9 Å². The highest BCUT2D eigenvalue weighted by Gasteiger charge is 2.36. The van der Waals surface area contributed by atoms with Crippen LogP contribution in [0.4, 0.5) is 0 Å². The quantitative estimate of drug-likeness (QED) is 0.542. The fourth-order valence-electron chi connectivity index (χ4n) is 2.80. The van der Waals surface area contributed by atoms with Crippen molar-refractivity contribution in [2.75, 3.05) is 32.7 Å². The van der Waals surface area contributed by atoms with Crippen LogP contribution >= 0.6 is 22.9 Å². The molecule has 2 heterocycles. The Bertz CT molecular complexity index is 178. The van der Waals surface area contributed by atoms with Crippen LogP contribution in [0.15, 0.2) is 0 Å². The van der Waals surface area contributed by atoms with Crippen LogP contribution in [0.1, 0.15) is 32.6 Å². The lowest BCUT2D eigenvalue weighted by Gasteiger charge is -2.45. The van der Waals surface area contributed by atoms with E-state index in [9.17, 15) is 0 Å². The first-order chi connectivity index (χ1) is 6.74. The molecule has 2 aliphatic rings. The van der Waals surface area contributed by atoms with Gasteiger partial charge in [0.1, 0.15) is 0 Å². The Labute approximate surface area is 102 Å². The Morgan fingerprint density at radius 2 is 1.50 bits per heavy atom. The topological polar surface area (TPSA) is 6.48 Å². The van der Waals surface area contributed by atoms with Crippen LogP contribution in [0.3, 0.4) is 0 Å². The van der Waals surface area contributed by atoms with Gasteiger partial charge in [0.2, 0.25) is 0 Å². The van der Waals surface area contributed by atoms with Gasteiger partial charge >= 0.3 is 0 Å². The third-order valence-corrected chi connectivity index (χ3v) is 5.10. The number of halogens is 1. The Morgan fingerprint density at radius 1 is 1.00 bits per heavy atom. The van der Waals surface area contributed by atoms with Crippen molar-refractivity contribution in [1.82, 2.24) is 8.01 Å². The zero-order valence-corrected chi connectivity index (χ0v) is 11.3. The van der Waals surface area contributed by atoms with Gasteiger partial charge in [-0.2, -0.15) is 0 Å². The van der Waals surface area contributed by atoms with E-state index in [4.69, 9.17) is 0 Å². The molecule has 0 unspecified atom stereocenters. The molecule has 0 radical (unpaired) electrons. The minimum Gasteiger partial charge on any atom is -0.304 e. The number of likely N-dealkylation sites (tertiary alicyclic amines) is 1. The molecule has 2 aliphatic heterocycles. The first-order valence-electron chi connectivity index (χ1n) is 5.87. The molecule has 0 amide bonds. The second-order valence-electron chi connectivity index (χ2n) is 4.84. The van der Waals surface area contributed by atoms with Gasteiger partial charge in [-0.15, -0.1) is 0 Å². The highest BCUT2D eigenvalue weighted by Crippen LogP contribution is 2.41. The zero-order valence-electron chi connectivity index (χ0n) is 9.14. The van der Waals surface area contributed by atoms with Crippen molar-refractivity contribution in [2.45, 2.75) is 32.6 Å². The van der Waals surface area contributed by atoms with Crippen molar-refractivity contribution in [2.24, 2.45) is 5.41 Å². The minimum absolute atomic E-state index is 0.730. The summed E-state index contributed by atoms with van der Waals surface area (Å²) in [5.74, 6) is 0. The summed E-state index contributed by atoms with van der Waals surface area (Å²) in [4.78, 5) is 2.60. The molecular formula is C11H21IN2. The third-order valence-electron chi connectivity index (χ3n) is 4.13. The van der Waals surface area contributed by atoms with E-state index >= 15 is 0 Å². The molecule has 2 fully saturated rings. The first kappa shape index (κ1) is 11.1. The summed E-state index contributed by atoms with van der Waals surface area (Å²) in [5, 5.41) is 0. The fraction of sp³-hybridized carbons (Fsp3) is 1.00. The maximum absolute atomic E-state index is 2.60. The summed E-state index contributed by atoms with van der Waals surface area (Å²) in [6, 6.07) is 0. The molecule has 0 N–H and O–H groups in total. The summed E-state index contributed by atoms with van der Waals surface area (Å²) >= 11 is 2.47. The molecule has 2 saturated heterocycles. The van der Waals surface area contributed by atoms with Crippen molar-refractivity contribution in [1.29, 1.82) is 0 Å². The van der Waals surface area contributed by atoms with E-state index in [0.29, 0.717) is 0 Å². The molecule has 2 nitrogen and oxygen atoms in total. The van der Waals surface area contributed by atoms with Gasteiger partial charge in [0, 0.05) is 36.0 Å². The zero-order chi connectivity index (χ0) is 10.0. The second kappa shape index (κ2) is 4.66. The van der Waals surface area contributed by atoms with Gasteiger partial charge in [0.25, 0.3) is 0 Å². The largest absolute Gasteiger partial charge is 0.304 e. The van der Waals surface area contributed by atoms with E-state index < -0.39 is 0 Å². The molecule has 0 aromatic rings. The number of rotatable bonds is 1. The van der Waals surface area contributed by atoms with Crippen molar-refractivity contribution in [3.8, 4) is 0 Å². The van der Waals surface area contributed by atoms with Crippen LogP contribution in [-0.4, -0.2) is 40.7 Å². The average molecular weight is 308 g/mol. The van der Waals surface area contributed by atoms with Gasteiger partial charge < -0.3 is 4.90 Å². The van der Waals surface area contributed by atoms with E-state index in [-0.39, 0.29) is 0 Å². The molecule has 3 heteroatoms. The molecule has 14 heavy (non-hydrogen) atoms. The van der Waals surface area contributed by atoms with Crippen LogP contribution in [-0.2, 0) is 0 Å². The van der Waals surface area contributed by atoms with Crippen LogP contribution in [0.2, 0.25) is 0 Å². The van der Waals surface area contributed by atoms with E-state index in [1.165, 1.54) is 58.4 Å². The van der Waals surface area contributed by atoms with Gasteiger partial charge in [-0.05, 0) is 50.7 Å². The molecule has 0 saturated carbocycles. The van der Waals surface area contributed by atoms with Crippen LogP contribution < -0.4 is 0 Å². The van der Waals surface area contributed by atoms with Crippen molar-refractivity contribution in [3.63, 3.8) is 0 Å². The van der Waals surface area contributed by atoms with Gasteiger partial charge in [0.15, 0.2) is 0 Å². The van der Waals surface area contributed by atoms with Crippen LogP contribution in [0, 0.1) is 5.41 Å². The number of nitrogens with zero attached hydrogens (tertiary/aromatic N) is 2. The number of hydrogen-bond donors (Lipinski definition) is 0. The Hall–Kier alpha value is 0.650. The summed E-state index contributed by atoms with van der Waals surface area (Å²) in [6.07, 6.45) is 5.78. The Morgan fingerprint density at radius 3 is 2.00 bits per heavy atom. The highest BCUT2D eigenvalue weighted by atomic mass is 127. The molecule has 0 atom stereocenters. The summed E-state index contributed by atoms with van der Waals surface area (Å²) in [5.41, 5.74) is 0.730. The average Bonchev–Trinajstić information content (AvgIpc) is 2.24. The molecule has 0 aromatic heterocycles. The lowest BCUT2D eigenvalue weighted by atomic mass is 9.71. The smallest absolute Gasteiger partial charge is 0.0201 e. The Balaban J connectivity index is 1.86. The van der Waals surface area contributed by atoms with Gasteiger partial charge in [0.05, 0.1) is 0 Å². The van der Waals surface area contributed by atoms with Gasteiger partial charge in [-0.25, -0.2) is 3.11 Å². The van der Waals surface area contributed by atoms with E-state index in [1.807, 2.05) is 0 Å². The molecule has 1 spiro atoms. The lowest BCUT2D eigenvalue weighted by Crippen LogP contribution is -2.44. The number of piperidine rings is 2. The predicted octanol–water partition coefficient (Wildman–Crippen LogP) is 2.53. The standard InChI is InChI=1S/C11H21IN2/c1-2-13-7-3-11(4-8-13)5-9-14(12)10-6-11/h2-10H2,1H3. The van der Waals surface area contributed by atoms with Crippen molar-refractivity contribution < 1.29 is 0 Å². The van der Waals surface area contributed by atoms with Gasteiger partial charge in [-0.3, -0.25) is 0 Å². The Kier molecular flexibility index (Phi) is 3.71. The van der Waals surface area contributed by atoms with E-state index in [1.54, 1.807) is 0 Å². The SMILES string of the molecule is CCN1CCC2(CCN(I)CC2)CC1. The summed E-state index contributed by atoms with van der Waals surface area (Å²) in [6.45, 7) is 8.84. The van der Waals surface area contributed by atoms with Crippen molar-refractivity contribution in [3.05, 3.63) is 0 Å². The maximum atomic E-state index is 2.60. The molecular weight excluding hydrogens is 287 g/mol. The fourth-order valence-corrected chi connectivity index (χ4v) is 3.28. The maximum Gasteiger partial charge on any atom is 0.0201 e. The number of hydrogen-bond acceptors (Lipinski definition) is 2. The lowest BCUT2D eigenvalue weighted by molar-refractivity contribution is 0.0642. The second-order valence-corrected chi connectivity index (χ2v) is 6.21. The third kappa shape index (κ3) is 2.42. The minimum atomic E-state index is 0.730. The normalized spacial score (nSPS) is 29.6.